The quantitative estimate of drug-likeness (QED) is 0.612. The lowest BCUT2D eigenvalue weighted by atomic mass is 10.2. The Balaban J connectivity index is 2.06. The summed E-state index contributed by atoms with van der Waals surface area (Å²) in [5.74, 6) is 0. The molecule has 0 spiro atoms. The van der Waals surface area contributed by atoms with Gasteiger partial charge in [0.05, 0.1) is 9.82 Å². The van der Waals surface area contributed by atoms with Crippen LogP contribution in [0.25, 0.3) is 0 Å². The van der Waals surface area contributed by atoms with Crippen LogP contribution in [-0.2, 0) is 10.0 Å². The highest BCUT2D eigenvalue weighted by Crippen LogP contribution is 2.21. The van der Waals surface area contributed by atoms with Crippen molar-refractivity contribution in [2.24, 2.45) is 0 Å². The number of hydrogen-bond donors (Lipinski definition) is 1. The summed E-state index contributed by atoms with van der Waals surface area (Å²) in [6, 6.07) is 13.4. The molecule has 7 nitrogen and oxygen atoms in total. The summed E-state index contributed by atoms with van der Waals surface area (Å²) in [4.78, 5) is 12.1. The van der Waals surface area contributed by atoms with Gasteiger partial charge in [-0.15, -0.1) is 0 Å². The van der Waals surface area contributed by atoms with Gasteiger partial charge in [-0.05, 0) is 24.6 Å². The van der Waals surface area contributed by atoms with Gasteiger partial charge in [-0.1, -0.05) is 24.3 Å². The molecule has 0 bridgehead atoms. The smallest absolute Gasteiger partial charge is 0.270 e. The van der Waals surface area contributed by atoms with Gasteiger partial charge < -0.3 is 4.90 Å². The molecule has 0 aromatic heterocycles. The van der Waals surface area contributed by atoms with E-state index >= 15 is 0 Å². The van der Waals surface area contributed by atoms with E-state index in [4.69, 9.17) is 0 Å². The first kappa shape index (κ1) is 17.9. The van der Waals surface area contributed by atoms with E-state index in [9.17, 15) is 18.5 Å². The Morgan fingerprint density at radius 3 is 2.46 bits per heavy atom. The monoisotopic (exact) mass is 349 g/mol. The lowest BCUT2D eigenvalue weighted by Gasteiger charge is -2.19. The van der Waals surface area contributed by atoms with E-state index in [0.29, 0.717) is 12.1 Å². The second-order valence-corrected chi connectivity index (χ2v) is 7.10. The van der Waals surface area contributed by atoms with E-state index < -0.39 is 14.9 Å². The molecule has 0 aliphatic heterocycles. The zero-order chi connectivity index (χ0) is 17.7. The molecule has 8 heteroatoms. The minimum Gasteiger partial charge on any atom is -0.373 e. The van der Waals surface area contributed by atoms with Crippen molar-refractivity contribution >= 4 is 21.4 Å². The van der Waals surface area contributed by atoms with Crippen molar-refractivity contribution in [2.75, 3.05) is 25.0 Å². The normalized spacial score (nSPS) is 11.2. The number of sulfonamides is 1. The highest BCUT2D eigenvalue weighted by molar-refractivity contribution is 7.89. The van der Waals surface area contributed by atoms with E-state index in [1.54, 1.807) is 6.92 Å². The number of benzene rings is 2. The van der Waals surface area contributed by atoms with E-state index in [1.165, 1.54) is 12.1 Å². The Kier molecular flexibility index (Phi) is 5.53. The molecule has 128 valence electrons. The molecule has 0 amide bonds. The third kappa shape index (κ3) is 4.30. The van der Waals surface area contributed by atoms with Crippen LogP contribution in [0.1, 0.15) is 5.56 Å². The summed E-state index contributed by atoms with van der Waals surface area (Å²) in [6.45, 7) is 2.27. The summed E-state index contributed by atoms with van der Waals surface area (Å²) in [5, 5.41) is 10.8. The van der Waals surface area contributed by atoms with Crippen LogP contribution in [0.2, 0.25) is 0 Å². The molecule has 0 aliphatic carbocycles. The third-order valence-corrected chi connectivity index (χ3v) is 5.21. The SMILES string of the molecule is Cc1ccc([N+](=O)[O-])cc1S(=O)(=O)NCCN(C)c1ccccc1. The highest BCUT2D eigenvalue weighted by Gasteiger charge is 2.20. The number of non-ortho nitro benzene ring substituents is 1. The fourth-order valence-electron chi connectivity index (χ4n) is 2.23. The van der Waals surface area contributed by atoms with Crippen molar-refractivity contribution in [1.82, 2.24) is 4.72 Å². The minimum absolute atomic E-state index is 0.0703. The molecule has 0 radical (unpaired) electrons. The van der Waals surface area contributed by atoms with E-state index in [2.05, 4.69) is 4.72 Å². The van der Waals surface area contributed by atoms with Crippen LogP contribution < -0.4 is 9.62 Å². The second-order valence-electron chi connectivity index (χ2n) is 5.36. The van der Waals surface area contributed by atoms with Crippen molar-refractivity contribution in [2.45, 2.75) is 11.8 Å². The van der Waals surface area contributed by atoms with Crippen LogP contribution in [0.15, 0.2) is 53.4 Å². The standard InChI is InChI=1S/C16H19N3O4S/c1-13-8-9-15(19(20)21)12-16(13)24(22,23)17-10-11-18(2)14-6-4-3-5-7-14/h3-9,12,17H,10-11H2,1-2H3. The Morgan fingerprint density at radius 2 is 1.83 bits per heavy atom. The zero-order valence-electron chi connectivity index (χ0n) is 13.5. The van der Waals surface area contributed by atoms with Crippen molar-refractivity contribution in [3.8, 4) is 0 Å². The number of likely N-dealkylation sites (N-methyl/N-ethyl adjacent to an activating group) is 1. The molecule has 2 aromatic carbocycles. The number of para-hydroxylation sites is 1. The maximum atomic E-state index is 12.4. The lowest BCUT2D eigenvalue weighted by Crippen LogP contribution is -2.33. The first-order valence-corrected chi connectivity index (χ1v) is 8.80. The first-order chi connectivity index (χ1) is 11.3. The first-order valence-electron chi connectivity index (χ1n) is 7.32. The van der Waals surface area contributed by atoms with Crippen molar-refractivity contribution in [1.29, 1.82) is 0 Å². The molecule has 0 fully saturated rings. The van der Waals surface area contributed by atoms with Gasteiger partial charge in [0, 0.05) is 38.0 Å². The molecule has 2 aromatic rings. The number of nitro groups is 1. The summed E-state index contributed by atoms with van der Waals surface area (Å²) < 4.78 is 27.3. The van der Waals surface area contributed by atoms with Crippen LogP contribution in [0, 0.1) is 17.0 Å². The number of nitrogens with zero attached hydrogens (tertiary/aromatic N) is 2. The molecule has 2 rings (SSSR count). The van der Waals surface area contributed by atoms with Gasteiger partial charge in [-0.25, -0.2) is 13.1 Å². The van der Waals surface area contributed by atoms with E-state index in [1.807, 2.05) is 42.3 Å². The second kappa shape index (κ2) is 7.41. The predicted molar refractivity (Wildman–Crippen MR) is 92.7 cm³/mol. The predicted octanol–water partition coefficient (Wildman–Crippen LogP) is 2.32. The molecule has 0 saturated carbocycles. The van der Waals surface area contributed by atoms with Gasteiger partial charge >= 0.3 is 0 Å². The number of rotatable bonds is 7. The van der Waals surface area contributed by atoms with E-state index in [-0.39, 0.29) is 17.1 Å². The molecule has 0 heterocycles. The maximum Gasteiger partial charge on any atom is 0.270 e. The van der Waals surface area contributed by atoms with Gasteiger partial charge in [0.25, 0.3) is 5.69 Å². The Labute approximate surface area is 141 Å². The zero-order valence-corrected chi connectivity index (χ0v) is 14.3. The summed E-state index contributed by atoms with van der Waals surface area (Å²) >= 11 is 0. The van der Waals surface area contributed by atoms with Crippen LogP contribution in [0.5, 0.6) is 0 Å². The van der Waals surface area contributed by atoms with E-state index in [0.717, 1.165) is 11.8 Å². The summed E-state index contributed by atoms with van der Waals surface area (Å²) in [5.41, 5.74) is 1.19. The van der Waals surface area contributed by atoms with Gasteiger partial charge in [0.1, 0.15) is 0 Å². The lowest BCUT2D eigenvalue weighted by molar-refractivity contribution is -0.385. The van der Waals surface area contributed by atoms with Crippen LogP contribution in [0.3, 0.4) is 0 Å². The number of nitrogens with one attached hydrogen (secondary N) is 1. The van der Waals surface area contributed by atoms with Gasteiger partial charge in [0.15, 0.2) is 0 Å². The van der Waals surface area contributed by atoms with Crippen LogP contribution in [-0.4, -0.2) is 33.5 Å². The molecular formula is C16H19N3O4S. The molecule has 0 saturated heterocycles. The summed E-state index contributed by atoms with van der Waals surface area (Å²) in [6.07, 6.45) is 0. The fourth-order valence-corrected chi connectivity index (χ4v) is 3.51. The average molecular weight is 349 g/mol. The number of anilines is 1. The molecule has 24 heavy (non-hydrogen) atoms. The van der Waals surface area contributed by atoms with Crippen LogP contribution in [0.4, 0.5) is 11.4 Å². The minimum atomic E-state index is -3.81. The van der Waals surface area contributed by atoms with Gasteiger partial charge in [-0.3, -0.25) is 10.1 Å². The largest absolute Gasteiger partial charge is 0.373 e. The highest BCUT2D eigenvalue weighted by atomic mass is 32.2. The van der Waals surface area contributed by atoms with Crippen LogP contribution >= 0.6 is 0 Å². The molecule has 0 unspecified atom stereocenters. The van der Waals surface area contributed by atoms with Crippen molar-refractivity contribution in [3.63, 3.8) is 0 Å². The Hall–Kier alpha value is -2.45. The Morgan fingerprint density at radius 1 is 1.17 bits per heavy atom. The van der Waals surface area contributed by atoms with Crippen molar-refractivity contribution < 1.29 is 13.3 Å². The fraction of sp³-hybridized carbons (Fsp3) is 0.250. The third-order valence-electron chi connectivity index (χ3n) is 3.61. The van der Waals surface area contributed by atoms with Gasteiger partial charge in [-0.2, -0.15) is 0 Å². The number of aryl methyl sites for hydroxylation is 1. The molecular weight excluding hydrogens is 330 g/mol. The molecule has 0 atom stereocenters. The summed E-state index contributed by atoms with van der Waals surface area (Å²) in [7, 11) is -1.94. The maximum absolute atomic E-state index is 12.4. The molecule has 1 N–H and O–H groups in total. The topological polar surface area (TPSA) is 92.5 Å². The van der Waals surface area contributed by atoms with Gasteiger partial charge in [0.2, 0.25) is 10.0 Å². The molecule has 0 aliphatic rings. The van der Waals surface area contributed by atoms with Crippen molar-refractivity contribution in [3.05, 3.63) is 64.2 Å². The number of nitro benzene ring substituents is 1. The Bertz CT molecular complexity index is 822. The average Bonchev–Trinajstić information content (AvgIpc) is 2.55. The number of hydrogen-bond acceptors (Lipinski definition) is 5.